The smallest absolute Gasteiger partial charge is 0.129 e. The highest BCUT2D eigenvalue weighted by atomic mass is 35.5. The molecule has 0 bridgehead atoms. The minimum absolute atomic E-state index is 0.612. The maximum absolute atomic E-state index is 6.27. The summed E-state index contributed by atoms with van der Waals surface area (Å²) in [5.74, 6) is 0.854. The molecular weight excluding hydrogens is 306 g/mol. The summed E-state index contributed by atoms with van der Waals surface area (Å²) in [6.45, 7) is 2.67. The maximum atomic E-state index is 6.27. The van der Waals surface area contributed by atoms with E-state index in [9.17, 15) is 0 Å². The number of hydrogen-bond donors (Lipinski definition) is 1. The summed E-state index contributed by atoms with van der Waals surface area (Å²) in [4.78, 5) is 0. The van der Waals surface area contributed by atoms with Gasteiger partial charge in [0.2, 0.25) is 0 Å². The second-order valence-electron chi connectivity index (χ2n) is 4.72. The lowest BCUT2D eigenvalue weighted by Crippen LogP contribution is -2.03. The number of aryl methyl sites for hydroxylation is 1. The van der Waals surface area contributed by atoms with E-state index < -0.39 is 0 Å². The molecule has 0 atom stereocenters. The molecule has 0 aliphatic heterocycles. The Morgan fingerprint density at radius 2 is 2.10 bits per heavy atom. The topological polar surface area (TPSA) is 47.0 Å². The Balaban J connectivity index is 1.92. The Kier molecular flexibility index (Phi) is 3.94. The predicted octanol–water partition coefficient (Wildman–Crippen LogP) is 4.27. The Morgan fingerprint density at radius 1 is 1.24 bits per heavy atom. The first-order valence-corrected chi connectivity index (χ1v) is 7.58. The minimum atomic E-state index is 0.612. The fourth-order valence-electron chi connectivity index (χ4n) is 2.22. The lowest BCUT2D eigenvalue weighted by molar-refractivity contribution is 0.410. The van der Waals surface area contributed by atoms with Crippen LogP contribution in [0.5, 0.6) is 5.75 Å². The summed E-state index contributed by atoms with van der Waals surface area (Å²) in [5.41, 5.74) is 4.73. The fourth-order valence-corrected chi connectivity index (χ4v) is 2.99. The SMILES string of the molecule is COc1ccc(C)cc1CNc1c(Cl)ccc2nsnc12. The lowest BCUT2D eigenvalue weighted by atomic mass is 10.1. The average Bonchev–Trinajstić information content (AvgIpc) is 2.95. The molecule has 1 aromatic heterocycles. The molecule has 0 spiro atoms. The van der Waals surface area contributed by atoms with Crippen LogP contribution in [0.15, 0.2) is 30.3 Å². The van der Waals surface area contributed by atoms with E-state index >= 15 is 0 Å². The minimum Gasteiger partial charge on any atom is -0.496 e. The molecule has 1 heterocycles. The molecule has 1 N–H and O–H groups in total. The number of halogens is 1. The standard InChI is InChI=1S/C15H14ClN3OS/c1-9-3-6-13(20-2)10(7-9)8-17-14-11(16)4-5-12-15(14)19-21-18-12/h3-7,17H,8H2,1-2H3. The van der Waals surface area contributed by atoms with Crippen LogP contribution in [0.2, 0.25) is 5.02 Å². The van der Waals surface area contributed by atoms with Gasteiger partial charge >= 0.3 is 0 Å². The molecule has 0 unspecified atom stereocenters. The summed E-state index contributed by atoms with van der Waals surface area (Å²) in [6, 6.07) is 9.80. The van der Waals surface area contributed by atoms with Crippen molar-refractivity contribution >= 4 is 40.0 Å². The Hall–Kier alpha value is -1.85. The number of fused-ring (bicyclic) bond motifs is 1. The molecule has 6 heteroatoms. The van der Waals surface area contributed by atoms with Gasteiger partial charge in [0, 0.05) is 12.1 Å². The average molecular weight is 320 g/mol. The molecule has 21 heavy (non-hydrogen) atoms. The third kappa shape index (κ3) is 2.80. The van der Waals surface area contributed by atoms with Crippen LogP contribution in [-0.4, -0.2) is 15.9 Å². The summed E-state index contributed by atoms with van der Waals surface area (Å²) >= 11 is 7.46. The highest BCUT2D eigenvalue weighted by Gasteiger charge is 2.11. The van der Waals surface area contributed by atoms with Crippen LogP contribution in [0.1, 0.15) is 11.1 Å². The van der Waals surface area contributed by atoms with Crippen molar-refractivity contribution in [2.75, 3.05) is 12.4 Å². The monoisotopic (exact) mass is 319 g/mol. The zero-order valence-electron chi connectivity index (χ0n) is 11.7. The summed E-state index contributed by atoms with van der Waals surface area (Å²) < 4.78 is 13.9. The van der Waals surface area contributed by atoms with Gasteiger partial charge in [0.1, 0.15) is 16.8 Å². The molecule has 2 aromatic carbocycles. The van der Waals surface area contributed by atoms with Crippen LogP contribution in [-0.2, 0) is 6.54 Å². The zero-order valence-corrected chi connectivity index (χ0v) is 13.3. The van der Waals surface area contributed by atoms with E-state index in [1.807, 2.05) is 24.3 Å². The van der Waals surface area contributed by atoms with Crippen molar-refractivity contribution in [3.8, 4) is 5.75 Å². The number of nitrogens with zero attached hydrogens (tertiary/aromatic N) is 2. The van der Waals surface area contributed by atoms with Crippen LogP contribution in [0, 0.1) is 6.92 Å². The molecule has 0 saturated heterocycles. The highest BCUT2D eigenvalue weighted by molar-refractivity contribution is 7.00. The molecular formula is C15H14ClN3OS. The lowest BCUT2D eigenvalue weighted by Gasteiger charge is -2.12. The number of aromatic nitrogens is 2. The van der Waals surface area contributed by atoms with Gasteiger partial charge in [0.25, 0.3) is 0 Å². The van der Waals surface area contributed by atoms with Crippen molar-refractivity contribution in [1.82, 2.24) is 8.75 Å². The zero-order chi connectivity index (χ0) is 14.8. The van der Waals surface area contributed by atoms with Gasteiger partial charge < -0.3 is 10.1 Å². The number of rotatable bonds is 4. The summed E-state index contributed by atoms with van der Waals surface area (Å²) in [5, 5.41) is 3.99. The predicted molar refractivity (Wildman–Crippen MR) is 87.5 cm³/mol. The summed E-state index contributed by atoms with van der Waals surface area (Å²) in [7, 11) is 1.67. The third-order valence-electron chi connectivity index (χ3n) is 3.27. The van der Waals surface area contributed by atoms with Gasteiger partial charge in [-0.1, -0.05) is 29.3 Å². The molecule has 0 aliphatic carbocycles. The highest BCUT2D eigenvalue weighted by Crippen LogP contribution is 2.31. The van der Waals surface area contributed by atoms with Gasteiger partial charge in [-0.15, -0.1) is 0 Å². The van der Waals surface area contributed by atoms with E-state index in [1.165, 1.54) is 17.3 Å². The van der Waals surface area contributed by atoms with E-state index in [0.717, 1.165) is 28.0 Å². The van der Waals surface area contributed by atoms with Crippen molar-refractivity contribution < 1.29 is 4.74 Å². The second-order valence-corrected chi connectivity index (χ2v) is 5.66. The van der Waals surface area contributed by atoms with Gasteiger partial charge in [-0.25, -0.2) is 0 Å². The van der Waals surface area contributed by atoms with E-state index in [1.54, 1.807) is 7.11 Å². The largest absolute Gasteiger partial charge is 0.496 e. The Bertz CT molecular complexity index is 788. The maximum Gasteiger partial charge on any atom is 0.129 e. The first-order chi connectivity index (χ1) is 10.2. The molecule has 3 aromatic rings. The number of ether oxygens (including phenoxy) is 1. The van der Waals surface area contributed by atoms with Crippen LogP contribution < -0.4 is 10.1 Å². The van der Waals surface area contributed by atoms with Gasteiger partial charge in [0.05, 0.1) is 29.5 Å². The van der Waals surface area contributed by atoms with Gasteiger partial charge in [-0.3, -0.25) is 0 Å². The molecule has 3 rings (SSSR count). The number of benzene rings is 2. The van der Waals surface area contributed by atoms with Gasteiger partial charge in [-0.2, -0.15) is 8.75 Å². The van der Waals surface area contributed by atoms with Crippen molar-refractivity contribution in [3.63, 3.8) is 0 Å². The first-order valence-electron chi connectivity index (χ1n) is 6.47. The molecule has 108 valence electrons. The molecule has 0 aliphatic rings. The van der Waals surface area contributed by atoms with Crippen molar-refractivity contribution in [3.05, 3.63) is 46.5 Å². The number of anilines is 1. The molecule has 0 radical (unpaired) electrons. The normalized spacial score (nSPS) is 10.8. The molecule has 0 fully saturated rings. The van der Waals surface area contributed by atoms with E-state index in [-0.39, 0.29) is 0 Å². The van der Waals surface area contributed by atoms with E-state index in [4.69, 9.17) is 16.3 Å². The van der Waals surface area contributed by atoms with Crippen LogP contribution in [0.3, 0.4) is 0 Å². The Morgan fingerprint density at radius 3 is 2.90 bits per heavy atom. The van der Waals surface area contributed by atoms with Crippen LogP contribution in [0.25, 0.3) is 11.0 Å². The Labute approximate surface area is 132 Å². The number of nitrogens with one attached hydrogen (secondary N) is 1. The first kappa shape index (κ1) is 14.1. The van der Waals surface area contributed by atoms with Crippen molar-refractivity contribution in [1.29, 1.82) is 0 Å². The molecule has 0 amide bonds. The quantitative estimate of drug-likeness (QED) is 0.780. The van der Waals surface area contributed by atoms with Crippen LogP contribution in [0.4, 0.5) is 5.69 Å². The molecule has 0 saturated carbocycles. The van der Waals surface area contributed by atoms with Crippen molar-refractivity contribution in [2.24, 2.45) is 0 Å². The fraction of sp³-hybridized carbons (Fsp3) is 0.200. The second kappa shape index (κ2) is 5.87. The number of methoxy groups -OCH3 is 1. The molecule has 4 nitrogen and oxygen atoms in total. The van der Waals surface area contributed by atoms with E-state index in [2.05, 4.69) is 27.1 Å². The summed E-state index contributed by atoms with van der Waals surface area (Å²) in [6.07, 6.45) is 0. The van der Waals surface area contributed by atoms with Gasteiger partial charge in [0.15, 0.2) is 0 Å². The number of hydrogen-bond acceptors (Lipinski definition) is 5. The van der Waals surface area contributed by atoms with E-state index in [0.29, 0.717) is 11.6 Å². The van der Waals surface area contributed by atoms with Crippen molar-refractivity contribution in [2.45, 2.75) is 13.5 Å². The van der Waals surface area contributed by atoms with Crippen LogP contribution >= 0.6 is 23.3 Å². The third-order valence-corrected chi connectivity index (χ3v) is 4.13. The van der Waals surface area contributed by atoms with Gasteiger partial charge in [-0.05, 0) is 25.1 Å².